The molecule has 1 aromatic rings. The lowest BCUT2D eigenvalue weighted by Crippen LogP contribution is -2.30. The van der Waals surface area contributed by atoms with Crippen LogP contribution in [-0.2, 0) is 9.47 Å². The molecule has 1 saturated heterocycles. The molecular formula is C10H13N5O3. The predicted molar refractivity (Wildman–Crippen MR) is 63.6 cm³/mol. The average Bonchev–Trinajstić information content (AvgIpc) is 3.21. The van der Waals surface area contributed by atoms with Gasteiger partial charge in [0.15, 0.2) is 0 Å². The third kappa shape index (κ3) is 2.39. The Morgan fingerprint density at radius 3 is 3.06 bits per heavy atom. The van der Waals surface area contributed by atoms with Gasteiger partial charge in [-0.25, -0.2) is 20.6 Å². The zero-order chi connectivity index (χ0) is 13.1. The van der Waals surface area contributed by atoms with Gasteiger partial charge in [-0.1, -0.05) is 0 Å². The van der Waals surface area contributed by atoms with Gasteiger partial charge in [0.2, 0.25) is 0 Å². The van der Waals surface area contributed by atoms with E-state index in [4.69, 9.17) is 21.2 Å². The zero-order valence-electron chi connectivity index (χ0n) is 9.74. The summed E-state index contributed by atoms with van der Waals surface area (Å²) >= 11 is 0. The summed E-state index contributed by atoms with van der Waals surface area (Å²) in [6.45, 7) is 0.571. The molecule has 1 fully saturated rings. The third-order valence-corrected chi connectivity index (χ3v) is 2.46. The predicted octanol–water partition coefficient (Wildman–Crippen LogP) is -0.478. The van der Waals surface area contributed by atoms with Gasteiger partial charge in [-0.15, -0.1) is 0 Å². The zero-order valence-corrected chi connectivity index (χ0v) is 9.74. The molecule has 1 aromatic heterocycles. The molecule has 96 valence electrons. The van der Waals surface area contributed by atoms with Gasteiger partial charge >= 0.3 is 5.97 Å². The van der Waals surface area contributed by atoms with Gasteiger partial charge < -0.3 is 15.3 Å². The van der Waals surface area contributed by atoms with Gasteiger partial charge in [0.25, 0.3) is 0 Å². The van der Waals surface area contributed by atoms with Gasteiger partial charge in [-0.05, 0) is 6.07 Å². The molecule has 2 heterocycles. The van der Waals surface area contributed by atoms with Crippen molar-refractivity contribution in [1.29, 1.82) is 0 Å². The maximum Gasteiger partial charge on any atom is 0.338 e. The molecule has 0 aliphatic carbocycles. The molecule has 1 atom stereocenters. The molecule has 0 unspecified atom stereocenters. The molecule has 8 heteroatoms. The first kappa shape index (κ1) is 12.3. The normalized spacial score (nSPS) is 17.8. The number of hydrogen-bond acceptors (Lipinski definition) is 7. The van der Waals surface area contributed by atoms with Crippen molar-refractivity contribution in [3.8, 4) is 0 Å². The molecule has 2 rings (SSSR count). The first-order chi connectivity index (χ1) is 8.67. The SMILES string of the molecule is COC(=O)c1cc(N(N)/C=N\N)ncc1[C@@H]1CO1. The average molecular weight is 251 g/mol. The Hall–Kier alpha value is -2.19. The number of anilines is 1. The van der Waals surface area contributed by atoms with Crippen LogP contribution in [0.4, 0.5) is 5.82 Å². The van der Waals surface area contributed by atoms with Crippen molar-refractivity contribution in [3.05, 3.63) is 23.4 Å². The fourth-order valence-electron chi connectivity index (χ4n) is 1.50. The van der Waals surface area contributed by atoms with Crippen LogP contribution < -0.4 is 16.7 Å². The van der Waals surface area contributed by atoms with Crippen molar-refractivity contribution in [2.24, 2.45) is 16.8 Å². The summed E-state index contributed by atoms with van der Waals surface area (Å²) in [5.74, 6) is 10.5. The van der Waals surface area contributed by atoms with Crippen LogP contribution in [0.15, 0.2) is 17.4 Å². The topological polar surface area (TPSA) is 119 Å². The minimum atomic E-state index is -0.470. The molecule has 0 aromatic carbocycles. The number of carbonyl (C=O) groups excluding carboxylic acids is 1. The highest BCUT2D eigenvalue weighted by Crippen LogP contribution is 2.33. The quantitative estimate of drug-likeness (QED) is 0.185. The number of hydrazone groups is 1. The maximum absolute atomic E-state index is 11.7. The van der Waals surface area contributed by atoms with E-state index in [2.05, 4.69) is 10.1 Å². The highest BCUT2D eigenvalue weighted by Gasteiger charge is 2.30. The largest absolute Gasteiger partial charge is 0.465 e. The van der Waals surface area contributed by atoms with Crippen molar-refractivity contribution in [3.63, 3.8) is 0 Å². The molecule has 0 spiro atoms. The summed E-state index contributed by atoms with van der Waals surface area (Å²) in [4.78, 5) is 15.8. The highest BCUT2D eigenvalue weighted by atomic mass is 16.6. The number of aromatic nitrogens is 1. The Morgan fingerprint density at radius 1 is 1.78 bits per heavy atom. The number of ether oxygens (including phenoxy) is 2. The van der Waals surface area contributed by atoms with Crippen LogP contribution in [0.1, 0.15) is 22.0 Å². The monoisotopic (exact) mass is 251 g/mol. The maximum atomic E-state index is 11.7. The summed E-state index contributed by atoms with van der Waals surface area (Å²) in [7, 11) is 1.31. The third-order valence-electron chi connectivity index (χ3n) is 2.46. The smallest absolute Gasteiger partial charge is 0.338 e. The van der Waals surface area contributed by atoms with E-state index < -0.39 is 5.97 Å². The molecule has 4 N–H and O–H groups in total. The Labute approximate surface area is 103 Å². The lowest BCUT2D eigenvalue weighted by atomic mass is 10.1. The van der Waals surface area contributed by atoms with Crippen molar-refractivity contribution in [2.75, 3.05) is 18.7 Å². The number of methoxy groups -OCH3 is 1. The van der Waals surface area contributed by atoms with Crippen molar-refractivity contribution in [1.82, 2.24) is 4.98 Å². The van der Waals surface area contributed by atoms with E-state index in [0.29, 0.717) is 23.6 Å². The van der Waals surface area contributed by atoms with Gasteiger partial charge in [-0.3, -0.25) is 0 Å². The summed E-state index contributed by atoms with van der Waals surface area (Å²) in [5, 5.41) is 4.37. The van der Waals surface area contributed by atoms with Crippen LogP contribution >= 0.6 is 0 Å². The lowest BCUT2D eigenvalue weighted by molar-refractivity contribution is 0.0598. The van der Waals surface area contributed by atoms with E-state index in [-0.39, 0.29) is 6.10 Å². The molecule has 1 aliphatic rings. The van der Waals surface area contributed by atoms with Crippen LogP contribution in [0.5, 0.6) is 0 Å². The number of rotatable bonds is 4. The molecule has 0 bridgehead atoms. The molecule has 0 saturated carbocycles. The van der Waals surface area contributed by atoms with E-state index in [0.717, 1.165) is 5.01 Å². The fourth-order valence-corrected chi connectivity index (χ4v) is 1.50. The summed E-state index contributed by atoms with van der Waals surface area (Å²) in [6, 6.07) is 1.50. The van der Waals surface area contributed by atoms with Crippen molar-refractivity contribution in [2.45, 2.75) is 6.10 Å². The minimum absolute atomic E-state index is 0.102. The first-order valence-corrected chi connectivity index (χ1v) is 5.14. The Kier molecular flexibility index (Phi) is 3.40. The Balaban J connectivity index is 2.38. The standard InChI is InChI=1S/C10H13N5O3/c1-17-10(16)6-2-9(15(12)5-14-11)13-3-7(6)8-4-18-8/h2-3,5,8H,4,11-12H2,1H3/b14-5-/t8-/m0/s1. The number of nitrogens with two attached hydrogens (primary N) is 2. The number of epoxide rings is 1. The van der Waals surface area contributed by atoms with Crippen molar-refractivity contribution < 1.29 is 14.3 Å². The molecule has 0 radical (unpaired) electrons. The van der Waals surface area contributed by atoms with E-state index >= 15 is 0 Å². The number of hydrazine groups is 1. The summed E-state index contributed by atoms with van der Waals surface area (Å²) in [6.07, 6.45) is 2.61. The number of hydrogen-bond donors (Lipinski definition) is 2. The van der Waals surface area contributed by atoms with E-state index in [1.807, 2.05) is 0 Å². The van der Waals surface area contributed by atoms with Crippen LogP contribution in [0.3, 0.4) is 0 Å². The minimum Gasteiger partial charge on any atom is -0.465 e. The van der Waals surface area contributed by atoms with Crippen LogP contribution in [0.25, 0.3) is 0 Å². The molecule has 8 nitrogen and oxygen atoms in total. The highest BCUT2D eigenvalue weighted by molar-refractivity contribution is 5.92. The lowest BCUT2D eigenvalue weighted by Gasteiger charge is -2.13. The molecular weight excluding hydrogens is 238 g/mol. The Bertz CT molecular complexity index is 486. The van der Waals surface area contributed by atoms with Gasteiger partial charge in [0.1, 0.15) is 18.3 Å². The summed E-state index contributed by atoms with van der Waals surface area (Å²) < 4.78 is 9.85. The fraction of sp³-hybridized carbons (Fsp3) is 0.300. The number of esters is 1. The van der Waals surface area contributed by atoms with Crippen molar-refractivity contribution >= 4 is 18.1 Å². The number of carbonyl (C=O) groups is 1. The van der Waals surface area contributed by atoms with Crippen LogP contribution in [-0.4, -0.2) is 31.0 Å². The second kappa shape index (κ2) is 4.98. The van der Waals surface area contributed by atoms with Crippen LogP contribution in [0, 0.1) is 0 Å². The van der Waals surface area contributed by atoms with Gasteiger partial charge in [0.05, 0.1) is 19.3 Å². The van der Waals surface area contributed by atoms with Gasteiger partial charge in [0, 0.05) is 11.8 Å². The summed E-state index contributed by atoms with van der Waals surface area (Å²) in [5.41, 5.74) is 1.05. The van der Waals surface area contributed by atoms with E-state index in [9.17, 15) is 4.79 Å². The molecule has 0 amide bonds. The Morgan fingerprint density at radius 2 is 2.50 bits per heavy atom. The molecule has 1 aliphatic heterocycles. The van der Waals surface area contributed by atoms with Gasteiger partial charge in [-0.2, -0.15) is 5.10 Å². The first-order valence-electron chi connectivity index (χ1n) is 5.14. The van der Waals surface area contributed by atoms with E-state index in [1.54, 1.807) is 0 Å². The second-order valence-electron chi connectivity index (χ2n) is 3.62. The van der Waals surface area contributed by atoms with Crippen LogP contribution in [0.2, 0.25) is 0 Å². The number of pyridine rings is 1. The number of nitrogens with zero attached hydrogens (tertiary/aromatic N) is 3. The molecule has 18 heavy (non-hydrogen) atoms. The van der Waals surface area contributed by atoms with E-state index in [1.165, 1.54) is 25.7 Å². The second-order valence-corrected chi connectivity index (χ2v) is 3.62.